The minimum atomic E-state index is -0.731. The molecule has 2 aromatic carbocycles. The minimum absolute atomic E-state index is 0.0311. The first-order valence-corrected chi connectivity index (χ1v) is 11.2. The Balaban J connectivity index is 1.72. The number of hydrogen-bond acceptors (Lipinski definition) is 5. The molecule has 10 heteroatoms. The first-order chi connectivity index (χ1) is 16.2. The van der Waals surface area contributed by atoms with Gasteiger partial charge in [-0.25, -0.2) is 4.39 Å². The Morgan fingerprint density at radius 3 is 2.74 bits per heavy atom. The monoisotopic (exact) mass is 500 g/mol. The molecule has 2 aliphatic rings. The van der Waals surface area contributed by atoms with Gasteiger partial charge in [0, 0.05) is 36.7 Å². The number of benzene rings is 2. The highest BCUT2D eigenvalue weighted by atomic mass is 35.5. The summed E-state index contributed by atoms with van der Waals surface area (Å²) in [5.41, 5.74) is 1.18. The molecule has 34 heavy (non-hydrogen) atoms. The number of carbonyl (C=O) groups is 2. The molecule has 0 aliphatic carbocycles. The lowest BCUT2D eigenvalue weighted by Gasteiger charge is -2.47. The van der Waals surface area contributed by atoms with Gasteiger partial charge in [0.2, 0.25) is 5.91 Å². The Morgan fingerprint density at radius 2 is 2.03 bits per heavy atom. The summed E-state index contributed by atoms with van der Waals surface area (Å²) in [6.45, 7) is 4.45. The predicted molar refractivity (Wildman–Crippen MR) is 130 cm³/mol. The molecule has 3 aromatic rings. The molecule has 2 amide bonds. The zero-order chi connectivity index (χ0) is 24.3. The van der Waals surface area contributed by atoms with E-state index >= 15 is 4.39 Å². The summed E-state index contributed by atoms with van der Waals surface area (Å²) < 4.78 is 15.9. The average Bonchev–Trinajstić information content (AvgIpc) is 2.82. The van der Waals surface area contributed by atoms with Crippen LogP contribution in [0, 0.1) is 5.82 Å². The Morgan fingerprint density at radius 1 is 1.26 bits per heavy atom. The van der Waals surface area contributed by atoms with Gasteiger partial charge in [-0.3, -0.25) is 14.6 Å². The SMILES string of the molecule is C=CC(=O)N1CCN2c3c(cnc4c(F)c(-c5c(O)cccc5Cl)c(Cl)cc34)N(C)C(=O)[C@H]2C1. The van der Waals surface area contributed by atoms with Crippen LogP contribution in [0.5, 0.6) is 5.75 Å². The van der Waals surface area contributed by atoms with Crippen LogP contribution in [-0.4, -0.2) is 59.5 Å². The molecule has 3 heterocycles. The van der Waals surface area contributed by atoms with E-state index in [4.69, 9.17) is 23.2 Å². The van der Waals surface area contributed by atoms with Crippen molar-refractivity contribution in [2.45, 2.75) is 6.04 Å². The van der Waals surface area contributed by atoms with Crippen LogP contribution in [0.15, 0.2) is 43.1 Å². The summed E-state index contributed by atoms with van der Waals surface area (Å²) >= 11 is 12.8. The summed E-state index contributed by atoms with van der Waals surface area (Å²) in [6.07, 6.45) is 2.67. The van der Waals surface area contributed by atoms with Gasteiger partial charge in [0.05, 0.1) is 34.2 Å². The van der Waals surface area contributed by atoms with E-state index < -0.39 is 11.9 Å². The number of hydrogen-bond donors (Lipinski definition) is 1. The molecule has 174 valence electrons. The van der Waals surface area contributed by atoms with Crippen molar-refractivity contribution in [3.05, 3.63) is 59.0 Å². The van der Waals surface area contributed by atoms with Crippen LogP contribution in [0.3, 0.4) is 0 Å². The highest BCUT2D eigenvalue weighted by Crippen LogP contribution is 2.47. The first-order valence-electron chi connectivity index (χ1n) is 10.5. The minimum Gasteiger partial charge on any atom is -0.507 e. The van der Waals surface area contributed by atoms with Crippen LogP contribution in [0.4, 0.5) is 15.8 Å². The van der Waals surface area contributed by atoms with Gasteiger partial charge in [0.15, 0.2) is 5.82 Å². The number of phenolic OH excluding ortho intramolecular Hbond substituents is 1. The highest BCUT2D eigenvalue weighted by Gasteiger charge is 2.42. The second-order valence-corrected chi connectivity index (χ2v) is 8.98. The number of pyridine rings is 1. The quantitative estimate of drug-likeness (QED) is 0.532. The number of piperazine rings is 1. The normalized spacial score (nSPS) is 17.6. The van der Waals surface area contributed by atoms with E-state index in [1.807, 2.05) is 4.90 Å². The largest absolute Gasteiger partial charge is 0.507 e. The number of nitrogens with zero attached hydrogens (tertiary/aromatic N) is 4. The van der Waals surface area contributed by atoms with Crippen molar-refractivity contribution in [1.29, 1.82) is 0 Å². The molecular formula is C24H19Cl2FN4O3. The zero-order valence-corrected chi connectivity index (χ0v) is 19.6. The van der Waals surface area contributed by atoms with E-state index in [0.29, 0.717) is 29.9 Å². The summed E-state index contributed by atoms with van der Waals surface area (Å²) in [5, 5.41) is 11.0. The molecule has 1 N–H and O–H groups in total. The van der Waals surface area contributed by atoms with Crippen molar-refractivity contribution >= 4 is 57.3 Å². The van der Waals surface area contributed by atoms with E-state index in [1.54, 1.807) is 24.1 Å². The first kappa shape index (κ1) is 22.4. The maximum Gasteiger partial charge on any atom is 0.251 e. The van der Waals surface area contributed by atoms with E-state index in [-0.39, 0.29) is 50.8 Å². The molecule has 0 unspecified atom stereocenters. The molecule has 1 fully saturated rings. The van der Waals surface area contributed by atoms with Gasteiger partial charge in [0.1, 0.15) is 17.3 Å². The molecule has 1 aromatic heterocycles. The van der Waals surface area contributed by atoms with Crippen LogP contribution in [-0.2, 0) is 9.59 Å². The lowest BCUT2D eigenvalue weighted by molar-refractivity contribution is -0.128. The van der Waals surface area contributed by atoms with Gasteiger partial charge < -0.3 is 19.8 Å². The molecule has 7 nitrogen and oxygen atoms in total. The van der Waals surface area contributed by atoms with Crippen molar-refractivity contribution < 1.29 is 19.1 Å². The zero-order valence-electron chi connectivity index (χ0n) is 18.1. The molecule has 1 atom stereocenters. The number of anilines is 2. The predicted octanol–water partition coefficient (Wildman–Crippen LogP) is 4.23. The molecular weight excluding hydrogens is 482 g/mol. The lowest BCUT2D eigenvalue weighted by atomic mass is 9.97. The number of aromatic nitrogens is 1. The summed E-state index contributed by atoms with van der Waals surface area (Å²) in [5.74, 6) is -1.39. The third kappa shape index (κ3) is 3.20. The molecule has 1 saturated heterocycles. The van der Waals surface area contributed by atoms with Crippen molar-refractivity contribution in [1.82, 2.24) is 9.88 Å². The molecule has 0 spiro atoms. The number of carbonyl (C=O) groups excluding carboxylic acids is 2. The fraction of sp³-hybridized carbons (Fsp3) is 0.208. The second kappa shape index (κ2) is 8.14. The van der Waals surface area contributed by atoms with E-state index in [9.17, 15) is 14.7 Å². The van der Waals surface area contributed by atoms with Crippen LogP contribution >= 0.6 is 23.2 Å². The Kier molecular flexibility index (Phi) is 5.37. The second-order valence-electron chi connectivity index (χ2n) is 8.16. The van der Waals surface area contributed by atoms with Crippen molar-refractivity contribution in [2.24, 2.45) is 0 Å². The summed E-state index contributed by atoms with van der Waals surface area (Å²) in [6, 6.07) is 5.41. The van der Waals surface area contributed by atoms with Gasteiger partial charge in [-0.15, -0.1) is 0 Å². The third-order valence-electron chi connectivity index (χ3n) is 6.38. The van der Waals surface area contributed by atoms with Gasteiger partial charge in [-0.05, 0) is 24.3 Å². The molecule has 2 aliphatic heterocycles. The van der Waals surface area contributed by atoms with E-state index in [0.717, 1.165) is 0 Å². The molecule has 0 bridgehead atoms. The van der Waals surface area contributed by atoms with Gasteiger partial charge in [-0.2, -0.15) is 0 Å². The van der Waals surface area contributed by atoms with Crippen LogP contribution in [0.2, 0.25) is 10.0 Å². The van der Waals surface area contributed by atoms with Gasteiger partial charge >= 0.3 is 0 Å². The van der Waals surface area contributed by atoms with Gasteiger partial charge in [-0.1, -0.05) is 35.8 Å². The number of likely N-dealkylation sites (N-methyl/N-ethyl adjacent to an activating group) is 1. The molecule has 0 radical (unpaired) electrons. The number of fused-ring (bicyclic) bond motifs is 5. The fourth-order valence-electron chi connectivity index (χ4n) is 4.71. The Labute approximate surface area is 204 Å². The standard InChI is InChI=1S/C24H19Cl2FN4O3/c1-3-18(33)30-7-8-31-16(11-30)24(34)29(2)15-10-28-22-12(23(15)31)9-14(26)20(21(22)27)19-13(25)5-4-6-17(19)32/h3-6,9-10,16,32H,1,7-8,11H2,2H3/t16-/m1/s1. The van der Waals surface area contributed by atoms with Crippen LogP contribution in [0.25, 0.3) is 22.0 Å². The average molecular weight is 501 g/mol. The van der Waals surface area contributed by atoms with E-state index in [2.05, 4.69) is 11.6 Å². The molecule has 0 saturated carbocycles. The van der Waals surface area contributed by atoms with Crippen LogP contribution < -0.4 is 9.80 Å². The topological polar surface area (TPSA) is 77.0 Å². The lowest BCUT2D eigenvalue weighted by Crippen LogP contribution is -2.62. The van der Waals surface area contributed by atoms with Crippen molar-refractivity contribution in [3.8, 4) is 16.9 Å². The Hall–Kier alpha value is -3.36. The number of amides is 2. The maximum atomic E-state index is 15.9. The third-order valence-corrected chi connectivity index (χ3v) is 6.99. The molecule has 5 rings (SSSR count). The number of aromatic hydroxyl groups is 1. The highest BCUT2D eigenvalue weighted by molar-refractivity contribution is 6.37. The maximum absolute atomic E-state index is 15.9. The van der Waals surface area contributed by atoms with Crippen molar-refractivity contribution in [2.75, 3.05) is 36.5 Å². The summed E-state index contributed by atoms with van der Waals surface area (Å²) in [7, 11) is 1.62. The Bertz CT molecular complexity index is 1380. The number of rotatable bonds is 2. The van der Waals surface area contributed by atoms with Gasteiger partial charge in [0.25, 0.3) is 5.91 Å². The smallest absolute Gasteiger partial charge is 0.251 e. The van der Waals surface area contributed by atoms with Crippen LogP contribution in [0.1, 0.15) is 0 Å². The number of phenols is 1. The number of halogens is 3. The fourth-order valence-corrected chi connectivity index (χ4v) is 5.26. The summed E-state index contributed by atoms with van der Waals surface area (Å²) in [4.78, 5) is 34.5. The van der Waals surface area contributed by atoms with Crippen molar-refractivity contribution in [3.63, 3.8) is 0 Å². The van der Waals surface area contributed by atoms with E-state index in [1.165, 1.54) is 29.3 Å².